The van der Waals surface area contributed by atoms with E-state index < -0.39 is 17.8 Å². The standard InChI is InChI=1S/C22H23ClFN3O3/c1-26(14-20(28)25-18-11-7-16(23)8-12-18)19-4-2-3-13-27(22(19)30)21(29)15-5-9-17(24)10-6-15/h5-12,19H,2-4,13-14H2,1H3,(H,25,28). The molecular formula is C22H23ClFN3O3. The van der Waals surface area contributed by atoms with Crippen molar-refractivity contribution in [2.75, 3.05) is 25.5 Å². The maximum absolute atomic E-state index is 13.2. The molecule has 1 atom stereocenters. The predicted octanol–water partition coefficient (Wildman–Crippen LogP) is 3.57. The predicted molar refractivity (Wildman–Crippen MR) is 113 cm³/mol. The molecular weight excluding hydrogens is 409 g/mol. The molecule has 0 aromatic heterocycles. The van der Waals surface area contributed by atoms with Gasteiger partial charge in [0, 0.05) is 22.8 Å². The number of hydrogen-bond donors (Lipinski definition) is 1. The molecule has 8 heteroatoms. The molecule has 1 heterocycles. The van der Waals surface area contributed by atoms with E-state index in [-0.39, 0.29) is 23.9 Å². The van der Waals surface area contributed by atoms with Crippen molar-refractivity contribution < 1.29 is 18.8 Å². The Morgan fingerprint density at radius 2 is 1.80 bits per heavy atom. The average molecular weight is 432 g/mol. The van der Waals surface area contributed by atoms with Crippen molar-refractivity contribution in [1.82, 2.24) is 9.80 Å². The lowest BCUT2D eigenvalue weighted by Gasteiger charge is -2.29. The number of nitrogens with zero attached hydrogens (tertiary/aromatic N) is 2. The lowest BCUT2D eigenvalue weighted by atomic mass is 10.1. The lowest BCUT2D eigenvalue weighted by molar-refractivity contribution is -0.133. The summed E-state index contributed by atoms with van der Waals surface area (Å²) in [5.41, 5.74) is 0.867. The van der Waals surface area contributed by atoms with Crippen molar-refractivity contribution in [2.24, 2.45) is 0 Å². The summed E-state index contributed by atoms with van der Waals surface area (Å²) in [6.07, 6.45) is 1.99. The summed E-state index contributed by atoms with van der Waals surface area (Å²) in [6, 6.07) is 11.3. The summed E-state index contributed by atoms with van der Waals surface area (Å²) in [4.78, 5) is 41.2. The van der Waals surface area contributed by atoms with E-state index >= 15 is 0 Å². The first-order chi connectivity index (χ1) is 14.3. The van der Waals surface area contributed by atoms with Crippen LogP contribution in [-0.2, 0) is 9.59 Å². The molecule has 1 saturated heterocycles. The zero-order valence-corrected chi connectivity index (χ0v) is 17.4. The van der Waals surface area contributed by atoms with Crippen LogP contribution in [0.2, 0.25) is 5.02 Å². The number of imide groups is 1. The van der Waals surface area contributed by atoms with E-state index in [1.807, 2.05) is 0 Å². The third kappa shape index (κ3) is 5.43. The van der Waals surface area contributed by atoms with Crippen LogP contribution in [0, 0.1) is 5.82 Å². The molecule has 6 nitrogen and oxygen atoms in total. The molecule has 1 aliphatic heterocycles. The van der Waals surface area contributed by atoms with Crippen LogP contribution in [0.4, 0.5) is 10.1 Å². The van der Waals surface area contributed by atoms with Gasteiger partial charge >= 0.3 is 0 Å². The van der Waals surface area contributed by atoms with Crippen LogP contribution in [0.3, 0.4) is 0 Å². The van der Waals surface area contributed by atoms with Crippen molar-refractivity contribution in [3.05, 3.63) is 64.9 Å². The topological polar surface area (TPSA) is 69.7 Å². The van der Waals surface area contributed by atoms with E-state index in [1.54, 1.807) is 36.2 Å². The van der Waals surface area contributed by atoms with E-state index in [0.29, 0.717) is 30.1 Å². The van der Waals surface area contributed by atoms with E-state index in [1.165, 1.54) is 29.2 Å². The zero-order valence-electron chi connectivity index (χ0n) is 16.6. The molecule has 0 spiro atoms. The quantitative estimate of drug-likeness (QED) is 0.735. The number of nitrogens with one attached hydrogen (secondary N) is 1. The van der Waals surface area contributed by atoms with Gasteiger partial charge in [-0.2, -0.15) is 0 Å². The van der Waals surface area contributed by atoms with E-state index in [2.05, 4.69) is 5.32 Å². The monoisotopic (exact) mass is 431 g/mol. The van der Waals surface area contributed by atoms with E-state index in [0.717, 1.165) is 6.42 Å². The van der Waals surface area contributed by atoms with Crippen molar-refractivity contribution in [1.29, 1.82) is 0 Å². The third-order valence-electron chi connectivity index (χ3n) is 5.05. The molecule has 0 aliphatic carbocycles. The number of carbonyl (C=O) groups excluding carboxylic acids is 3. The highest BCUT2D eigenvalue weighted by Gasteiger charge is 2.34. The summed E-state index contributed by atoms with van der Waals surface area (Å²) in [6.45, 7) is 0.300. The molecule has 1 unspecified atom stereocenters. The number of carbonyl (C=O) groups is 3. The van der Waals surface area contributed by atoms with E-state index in [4.69, 9.17) is 11.6 Å². The molecule has 1 N–H and O–H groups in total. The summed E-state index contributed by atoms with van der Waals surface area (Å²) < 4.78 is 13.2. The molecule has 0 radical (unpaired) electrons. The normalized spacial score (nSPS) is 17.0. The summed E-state index contributed by atoms with van der Waals surface area (Å²) in [5, 5.41) is 3.34. The number of likely N-dealkylation sites (N-methyl/N-ethyl adjacent to an activating group) is 1. The number of likely N-dealkylation sites (tertiary alicyclic amines) is 1. The fraction of sp³-hybridized carbons (Fsp3) is 0.318. The molecule has 1 aliphatic rings. The average Bonchev–Trinajstić information content (AvgIpc) is 2.91. The van der Waals surface area contributed by atoms with E-state index in [9.17, 15) is 18.8 Å². The van der Waals surface area contributed by atoms with Crippen molar-refractivity contribution in [3.8, 4) is 0 Å². The van der Waals surface area contributed by atoms with Gasteiger partial charge in [-0.15, -0.1) is 0 Å². The molecule has 30 heavy (non-hydrogen) atoms. The Morgan fingerprint density at radius 3 is 2.47 bits per heavy atom. The Kier molecular flexibility index (Phi) is 7.18. The highest BCUT2D eigenvalue weighted by molar-refractivity contribution is 6.30. The second kappa shape index (κ2) is 9.82. The number of benzene rings is 2. The number of hydrogen-bond acceptors (Lipinski definition) is 4. The molecule has 3 rings (SSSR count). The maximum Gasteiger partial charge on any atom is 0.260 e. The first-order valence-electron chi connectivity index (χ1n) is 9.72. The van der Waals surface area contributed by atoms with Crippen LogP contribution in [0.25, 0.3) is 0 Å². The van der Waals surface area contributed by atoms with Crippen molar-refractivity contribution in [3.63, 3.8) is 0 Å². The maximum atomic E-state index is 13.2. The minimum absolute atomic E-state index is 0.00237. The first-order valence-corrected chi connectivity index (χ1v) is 10.1. The summed E-state index contributed by atoms with van der Waals surface area (Å²) >= 11 is 5.85. The van der Waals surface area contributed by atoms with Crippen LogP contribution < -0.4 is 5.32 Å². The van der Waals surface area contributed by atoms with Crippen LogP contribution in [0.1, 0.15) is 29.6 Å². The second-order valence-corrected chi connectivity index (χ2v) is 7.72. The zero-order chi connectivity index (χ0) is 21.7. The molecule has 0 saturated carbocycles. The summed E-state index contributed by atoms with van der Waals surface area (Å²) in [5.74, 6) is -1.51. The molecule has 2 aromatic carbocycles. The van der Waals surface area contributed by atoms with Crippen molar-refractivity contribution >= 4 is 35.0 Å². The van der Waals surface area contributed by atoms with Gasteiger partial charge in [-0.1, -0.05) is 11.6 Å². The third-order valence-corrected chi connectivity index (χ3v) is 5.30. The molecule has 2 aromatic rings. The Bertz CT molecular complexity index is 918. The Balaban J connectivity index is 1.66. The van der Waals surface area contributed by atoms with Gasteiger partial charge < -0.3 is 5.32 Å². The Hall–Kier alpha value is -2.77. The van der Waals surface area contributed by atoms with Crippen LogP contribution in [-0.4, -0.2) is 53.7 Å². The molecule has 158 valence electrons. The van der Waals surface area contributed by atoms with Crippen LogP contribution >= 0.6 is 11.6 Å². The minimum Gasteiger partial charge on any atom is -0.325 e. The van der Waals surface area contributed by atoms with Gasteiger partial charge in [-0.3, -0.25) is 24.2 Å². The van der Waals surface area contributed by atoms with Gasteiger partial charge in [-0.25, -0.2) is 4.39 Å². The van der Waals surface area contributed by atoms with Crippen LogP contribution in [0.15, 0.2) is 48.5 Å². The largest absolute Gasteiger partial charge is 0.325 e. The van der Waals surface area contributed by atoms with Gasteiger partial charge in [0.2, 0.25) is 11.8 Å². The van der Waals surface area contributed by atoms with Gasteiger partial charge in [0.25, 0.3) is 5.91 Å². The molecule has 0 bridgehead atoms. The fourth-order valence-electron chi connectivity index (χ4n) is 3.45. The number of anilines is 1. The second-order valence-electron chi connectivity index (χ2n) is 7.28. The highest BCUT2D eigenvalue weighted by atomic mass is 35.5. The molecule has 1 fully saturated rings. The fourth-order valence-corrected chi connectivity index (χ4v) is 3.58. The van der Waals surface area contributed by atoms with Gasteiger partial charge in [-0.05, 0) is 74.8 Å². The highest BCUT2D eigenvalue weighted by Crippen LogP contribution is 2.19. The number of amides is 3. The lowest BCUT2D eigenvalue weighted by Crippen LogP contribution is -2.50. The first kappa shape index (κ1) is 21.9. The summed E-state index contributed by atoms with van der Waals surface area (Å²) in [7, 11) is 1.69. The Morgan fingerprint density at radius 1 is 1.13 bits per heavy atom. The van der Waals surface area contributed by atoms with Gasteiger partial charge in [0.15, 0.2) is 0 Å². The van der Waals surface area contributed by atoms with Crippen molar-refractivity contribution in [2.45, 2.75) is 25.3 Å². The van der Waals surface area contributed by atoms with Gasteiger partial charge in [0.05, 0.1) is 12.6 Å². The molecule has 3 amide bonds. The Labute approximate surface area is 179 Å². The minimum atomic E-state index is -0.590. The number of rotatable bonds is 5. The van der Waals surface area contributed by atoms with Gasteiger partial charge in [0.1, 0.15) is 5.82 Å². The number of halogens is 2. The SMILES string of the molecule is CN(CC(=O)Nc1ccc(Cl)cc1)C1CCCCN(C(=O)c2ccc(F)cc2)C1=O. The smallest absolute Gasteiger partial charge is 0.260 e. The van der Waals surface area contributed by atoms with Crippen LogP contribution in [0.5, 0.6) is 0 Å².